The molecule has 8 nitrogen and oxygen atoms in total. The molecule has 0 aliphatic carbocycles. The van der Waals surface area contributed by atoms with Gasteiger partial charge in [0, 0.05) is 17.7 Å². The van der Waals surface area contributed by atoms with E-state index in [1.165, 1.54) is 36.9 Å². The number of methoxy groups -OCH3 is 3. The first kappa shape index (κ1) is 20.0. The molecule has 0 unspecified atom stereocenters. The summed E-state index contributed by atoms with van der Waals surface area (Å²) in [6, 6.07) is 8.79. The Morgan fingerprint density at radius 1 is 1.07 bits per heavy atom. The van der Waals surface area contributed by atoms with E-state index in [0.29, 0.717) is 27.4 Å². The van der Waals surface area contributed by atoms with Gasteiger partial charge in [-0.3, -0.25) is 9.59 Å². The molecule has 0 spiro atoms. The number of nitrogens with zero attached hydrogens (tertiary/aromatic N) is 3. The van der Waals surface area contributed by atoms with E-state index in [2.05, 4.69) is 9.98 Å². The Hall–Kier alpha value is -3.24. The summed E-state index contributed by atoms with van der Waals surface area (Å²) >= 11 is 2.73. The number of benzene rings is 2. The monoisotopic (exact) mass is 443 g/mol. The minimum absolute atomic E-state index is 0.0913. The third kappa shape index (κ3) is 3.66. The van der Waals surface area contributed by atoms with Crippen LogP contribution in [-0.4, -0.2) is 42.8 Å². The normalized spacial score (nSPS) is 11.8. The fourth-order valence-electron chi connectivity index (χ4n) is 2.97. The topological polar surface area (TPSA) is 92.0 Å². The number of aromatic nitrogens is 2. The number of amides is 1. The van der Waals surface area contributed by atoms with Crippen LogP contribution in [0.15, 0.2) is 40.8 Å². The second-order valence-corrected chi connectivity index (χ2v) is 8.07. The van der Waals surface area contributed by atoms with E-state index in [1.807, 2.05) is 0 Å². The summed E-state index contributed by atoms with van der Waals surface area (Å²) < 4.78 is 18.9. The van der Waals surface area contributed by atoms with Crippen LogP contribution in [-0.2, 0) is 16.1 Å². The zero-order valence-corrected chi connectivity index (χ0v) is 18.0. The molecule has 0 saturated heterocycles. The molecule has 4 rings (SSSR count). The predicted octanol–water partition coefficient (Wildman–Crippen LogP) is 3.24. The number of thiazole rings is 2. The van der Waals surface area contributed by atoms with Crippen molar-refractivity contribution in [2.24, 2.45) is 4.99 Å². The van der Waals surface area contributed by atoms with E-state index < -0.39 is 11.9 Å². The van der Waals surface area contributed by atoms with E-state index >= 15 is 0 Å². The van der Waals surface area contributed by atoms with Crippen molar-refractivity contribution in [2.75, 3.05) is 21.3 Å². The van der Waals surface area contributed by atoms with Crippen molar-refractivity contribution in [3.05, 3.63) is 46.2 Å². The van der Waals surface area contributed by atoms with Crippen molar-refractivity contribution in [1.82, 2.24) is 9.55 Å². The molecule has 2 heterocycles. The molecule has 10 heteroatoms. The van der Waals surface area contributed by atoms with Gasteiger partial charge in [-0.15, -0.1) is 11.3 Å². The molecular weight excluding hydrogens is 426 g/mol. The molecule has 1 amide bonds. The summed E-state index contributed by atoms with van der Waals surface area (Å²) in [5, 5.41) is 0. The fourth-order valence-corrected chi connectivity index (χ4v) is 4.72. The van der Waals surface area contributed by atoms with E-state index in [4.69, 9.17) is 14.2 Å². The Labute approximate surface area is 179 Å². The van der Waals surface area contributed by atoms with Gasteiger partial charge in [0.25, 0.3) is 5.91 Å². The van der Waals surface area contributed by atoms with Gasteiger partial charge in [0.05, 0.1) is 47.3 Å². The van der Waals surface area contributed by atoms with Gasteiger partial charge in [0.1, 0.15) is 6.54 Å². The van der Waals surface area contributed by atoms with E-state index in [-0.39, 0.29) is 6.54 Å². The van der Waals surface area contributed by atoms with Gasteiger partial charge >= 0.3 is 5.97 Å². The maximum atomic E-state index is 12.9. The van der Waals surface area contributed by atoms with Crippen molar-refractivity contribution < 1.29 is 23.8 Å². The Morgan fingerprint density at radius 3 is 2.57 bits per heavy atom. The Bertz CT molecular complexity index is 1340. The van der Waals surface area contributed by atoms with Gasteiger partial charge in [-0.05, 0) is 18.2 Å². The molecule has 154 valence electrons. The van der Waals surface area contributed by atoms with Crippen LogP contribution in [0.5, 0.6) is 11.5 Å². The summed E-state index contributed by atoms with van der Waals surface area (Å²) in [5.41, 5.74) is 3.70. The Morgan fingerprint density at radius 2 is 1.83 bits per heavy atom. The number of fused-ring (bicyclic) bond motifs is 2. The molecular formula is C20H17N3O5S2. The number of carbonyl (C=O) groups is 2. The zero-order valence-electron chi connectivity index (χ0n) is 16.4. The first-order chi connectivity index (χ1) is 14.5. The Kier molecular flexibility index (Phi) is 5.51. The highest BCUT2D eigenvalue weighted by Gasteiger charge is 2.16. The molecule has 0 radical (unpaired) electrons. The molecule has 2 aromatic heterocycles. The molecule has 2 aromatic carbocycles. The summed E-state index contributed by atoms with van der Waals surface area (Å²) in [6.45, 7) is -0.0913. The number of hydrogen-bond donors (Lipinski definition) is 0. The van der Waals surface area contributed by atoms with Crippen molar-refractivity contribution in [3.63, 3.8) is 0 Å². The molecule has 30 heavy (non-hydrogen) atoms. The summed E-state index contributed by atoms with van der Waals surface area (Å²) in [7, 11) is 4.39. The maximum Gasteiger partial charge on any atom is 0.325 e. The molecule has 4 aromatic rings. The lowest BCUT2D eigenvalue weighted by Gasteiger charge is -2.09. The van der Waals surface area contributed by atoms with Crippen molar-refractivity contribution >= 4 is 55.0 Å². The minimum Gasteiger partial charge on any atom is -0.493 e. The van der Waals surface area contributed by atoms with Gasteiger partial charge in [0.2, 0.25) is 0 Å². The molecule has 0 fully saturated rings. The number of ether oxygens (including phenoxy) is 3. The summed E-state index contributed by atoms with van der Waals surface area (Å²) in [5.74, 6) is 0.193. The first-order valence-electron chi connectivity index (χ1n) is 8.78. The Balaban J connectivity index is 1.87. The standard InChI is InChI=1S/C20H17N3O5S2/c1-26-14-7-13-17(8-15(14)27-2)30-20(23(13)9-18(24)28-3)22-19(25)11-4-5-12-16(6-11)29-10-21-12/h4-8,10H,9H2,1-3H3. The van der Waals surface area contributed by atoms with Crippen LogP contribution < -0.4 is 14.3 Å². The molecule has 0 atom stereocenters. The number of carbonyl (C=O) groups excluding carboxylic acids is 2. The summed E-state index contributed by atoms with van der Waals surface area (Å²) in [4.78, 5) is 33.7. The van der Waals surface area contributed by atoms with Gasteiger partial charge in [-0.25, -0.2) is 4.98 Å². The third-order valence-corrected chi connectivity index (χ3v) is 6.31. The van der Waals surface area contributed by atoms with Crippen LogP contribution in [0.1, 0.15) is 10.4 Å². The SMILES string of the molecule is COC(=O)Cn1c(=NC(=O)c2ccc3ncsc3c2)sc2cc(OC)c(OC)cc21. The highest BCUT2D eigenvalue weighted by atomic mass is 32.1. The summed E-state index contributed by atoms with van der Waals surface area (Å²) in [6.07, 6.45) is 0. The number of esters is 1. The van der Waals surface area contributed by atoms with Crippen LogP contribution in [0.4, 0.5) is 0 Å². The van der Waals surface area contributed by atoms with Crippen LogP contribution in [0.25, 0.3) is 20.4 Å². The number of rotatable bonds is 5. The van der Waals surface area contributed by atoms with Crippen molar-refractivity contribution in [3.8, 4) is 11.5 Å². The second kappa shape index (κ2) is 8.25. The number of hydrogen-bond acceptors (Lipinski definition) is 8. The lowest BCUT2D eigenvalue weighted by atomic mass is 10.2. The first-order valence-corrected chi connectivity index (χ1v) is 10.5. The molecule has 0 N–H and O–H groups in total. The van der Waals surface area contributed by atoms with Gasteiger partial charge in [-0.1, -0.05) is 11.3 Å². The van der Waals surface area contributed by atoms with Gasteiger partial charge in [0.15, 0.2) is 16.3 Å². The second-order valence-electron chi connectivity index (χ2n) is 6.17. The highest BCUT2D eigenvalue weighted by molar-refractivity contribution is 7.17. The van der Waals surface area contributed by atoms with Crippen LogP contribution in [0.3, 0.4) is 0 Å². The largest absolute Gasteiger partial charge is 0.493 e. The molecule has 0 aliphatic rings. The van der Waals surface area contributed by atoms with E-state index in [0.717, 1.165) is 14.9 Å². The minimum atomic E-state index is -0.454. The van der Waals surface area contributed by atoms with Crippen molar-refractivity contribution in [2.45, 2.75) is 6.54 Å². The molecule has 0 bridgehead atoms. The van der Waals surface area contributed by atoms with E-state index in [1.54, 1.807) is 47.5 Å². The van der Waals surface area contributed by atoms with Gasteiger partial charge < -0.3 is 18.8 Å². The lowest BCUT2D eigenvalue weighted by molar-refractivity contribution is -0.141. The zero-order chi connectivity index (χ0) is 21.3. The van der Waals surface area contributed by atoms with E-state index in [9.17, 15) is 9.59 Å². The quantitative estimate of drug-likeness (QED) is 0.440. The lowest BCUT2D eigenvalue weighted by Crippen LogP contribution is -2.22. The average Bonchev–Trinajstić information content (AvgIpc) is 3.36. The smallest absolute Gasteiger partial charge is 0.325 e. The van der Waals surface area contributed by atoms with Crippen LogP contribution in [0, 0.1) is 0 Å². The van der Waals surface area contributed by atoms with Gasteiger partial charge in [-0.2, -0.15) is 4.99 Å². The maximum absolute atomic E-state index is 12.9. The van der Waals surface area contributed by atoms with Crippen molar-refractivity contribution in [1.29, 1.82) is 0 Å². The molecule has 0 saturated carbocycles. The average molecular weight is 444 g/mol. The highest BCUT2D eigenvalue weighted by Crippen LogP contribution is 2.33. The van der Waals surface area contributed by atoms with Crippen LogP contribution >= 0.6 is 22.7 Å². The fraction of sp³-hybridized carbons (Fsp3) is 0.200. The molecule has 0 aliphatic heterocycles. The third-order valence-electron chi connectivity index (χ3n) is 4.48. The predicted molar refractivity (Wildman–Crippen MR) is 114 cm³/mol. The van der Waals surface area contributed by atoms with Crippen LogP contribution in [0.2, 0.25) is 0 Å².